The molecule has 26 heavy (non-hydrogen) atoms. The number of hydrogen-bond acceptors (Lipinski definition) is 5. The molecule has 0 saturated carbocycles. The van der Waals surface area contributed by atoms with Gasteiger partial charge < -0.3 is 25.3 Å². The lowest BCUT2D eigenvalue weighted by Crippen LogP contribution is -2.32. The standard InChI is InChI=1S/C20H26N2O4/c1-13-6-7-16(11-18(13)24-5)25-15-8-9-17(21)14(10-15)12-22-19(23)26-20(2,3)4/h6-11H,12,21H2,1-5H3,(H,22,23). The van der Waals surface area contributed by atoms with Crippen molar-refractivity contribution in [3.8, 4) is 17.2 Å². The zero-order valence-corrected chi connectivity index (χ0v) is 15.9. The lowest BCUT2D eigenvalue weighted by atomic mass is 10.1. The number of nitrogen functional groups attached to an aromatic ring is 1. The van der Waals surface area contributed by atoms with Crippen LogP contribution < -0.4 is 20.5 Å². The second-order valence-electron chi connectivity index (χ2n) is 6.95. The van der Waals surface area contributed by atoms with Crippen LogP contribution in [0, 0.1) is 6.92 Å². The van der Waals surface area contributed by atoms with Gasteiger partial charge in [-0.05, 0) is 63.1 Å². The molecule has 6 heteroatoms. The Bertz CT molecular complexity index is 782. The molecule has 6 nitrogen and oxygen atoms in total. The van der Waals surface area contributed by atoms with Crippen molar-refractivity contribution < 1.29 is 19.0 Å². The highest BCUT2D eigenvalue weighted by Gasteiger charge is 2.16. The second kappa shape index (κ2) is 7.99. The third kappa shape index (κ3) is 5.58. The molecule has 0 aromatic heterocycles. The van der Waals surface area contributed by atoms with Crippen LogP contribution in [0.4, 0.5) is 10.5 Å². The van der Waals surface area contributed by atoms with E-state index >= 15 is 0 Å². The molecule has 140 valence electrons. The first-order valence-electron chi connectivity index (χ1n) is 8.35. The molecular formula is C20H26N2O4. The molecular weight excluding hydrogens is 332 g/mol. The van der Waals surface area contributed by atoms with Gasteiger partial charge in [0.15, 0.2) is 0 Å². The van der Waals surface area contributed by atoms with Crippen LogP contribution in [0.5, 0.6) is 17.2 Å². The number of methoxy groups -OCH3 is 1. The van der Waals surface area contributed by atoms with Crippen molar-refractivity contribution in [3.63, 3.8) is 0 Å². The summed E-state index contributed by atoms with van der Waals surface area (Å²) in [6.45, 7) is 7.64. The summed E-state index contributed by atoms with van der Waals surface area (Å²) in [6.07, 6.45) is -0.494. The van der Waals surface area contributed by atoms with E-state index < -0.39 is 11.7 Å². The first-order chi connectivity index (χ1) is 12.2. The maximum absolute atomic E-state index is 11.8. The van der Waals surface area contributed by atoms with Gasteiger partial charge in [-0.3, -0.25) is 0 Å². The number of carbonyl (C=O) groups excluding carboxylic acids is 1. The van der Waals surface area contributed by atoms with E-state index in [1.807, 2.05) is 45.9 Å². The third-order valence-electron chi connectivity index (χ3n) is 3.55. The summed E-state index contributed by atoms with van der Waals surface area (Å²) in [5.74, 6) is 2.03. The summed E-state index contributed by atoms with van der Waals surface area (Å²) < 4.78 is 16.4. The highest BCUT2D eigenvalue weighted by molar-refractivity contribution is 5.68. The molecule has 0 heterocycles. The van der Waals surface area contributed by atoms with Gasteiger partial charge in [-0.25, -0.2) is 4.79 Å². The van der Waals surface area contributed by atoms with E-state index in [4.69, 9.17) is 19.9 Å². The van der Waals surface area contributed by atoms with E-state index in [0.29, 0.717) is 17.2 Å². The normalized spacial score (nSPS) is 11.0. The topological polar surface area (TPSA) is 82.8 Å². The van der Waals surface area contributed by atoms with Crippen LogP contribution in [-0.2, 0) is 11.3 Å². The maximum atomic E-state index is 11.8. The summed E-state index contributed by atoms with van der Waals surface area (Å²) in [5, 5.41) is 2.70. The van der Waals surface area contributed by atoms with Gasteiger partial charge in [-0.2, -0.15) is 0 Å². The molecule has 0 radical (unpaired) electrons. The predicted octanol–water partition coefficient (Wildman–Crippen LogP) is 4.40. The van der Waals surface area contributed by atoms with Gasteiger partial charge >= 0.3 is 6.09 Å². The fourth-order valence-electron chi connectivity index (χ4n) is 2.28. The highest BCUT2D eigenvalue weighted by atomic mass is 16.6. The molecule has 0 spiro atoms. The predicted molar refractivity (Wildman–Crippen MR) is 102 cm³/mol. The number of nitrogens with two attached hydrogens (primary N) is 1. The first-order valence-corrected chi connectivity index (χ1v) is 8.35. The number of nitrogens with one attached hydrogen (secondary N) is 1. The smallest absolute Gasteiger partial charge is 0.407 e. The van der Waals surface area contributed by atoms with Gasteiger partial charge in [0.05, 0.1) is 7.11 Å². The zero-order valence-electron chi connectivity index (χ0n) is 15.9. The van der Waals surface area contributed by atoms with Crippen molar-refractivity contribution in [2.24, 2.45) is 0 Å². The minimum absolute atomic E-state index is 0.245. The van der Waals surface area contributed by atoms with Crippen molar-refractivity contribution in [2.45, 2.75) is 39.8 Å². The van der Waals surface area contributed by atoms with Crippen molar-refractivity contribution in [2.75, 3.05) is 12.8 Å². The Hall–Kier alpha value is -2.89. The van der Waals surface area contributed by atoms with Gasteiger partial charge in [0, 0.05) is 18.3 Å². The van der Waals surface area contributed by atoms with Crippen LogP contribution in [0.1, 0.15) is 31.9 Å². The lowest BCUT2D eigenvalue weighted by molar-refractivity contribution is 0.0523. The zero-order chi connectivity index (χ0) is 19.3. The second-order valence-corrected chi connectivity index (χ2v) is 6.95. The Balaban J connectivity index is 2.08. The molecule has 2 aromatic carbocycles. The minimum atomic E-state index is -0.551. The van der Waals surface area contributed by atoms with Crippen molar-refractivity contribution in [1.82, 2.24) is 5.32 Å². The lowest BCUT2D eigenvalue weighted by Gasteiger charge is -2.20. The van der Waals surface area contributed by atoms with E-state index in [1.54, 1.807) is 25.3 Å². The summed E-state index contributed by atoms with van der Waals surface area (Å²) in [6, 6.07) is 10.9. The molecule has 2 rings (SSSR count). The third-order valence-corrected chi connectivity index (χ3v) is 3.55. The van der Waals surface area contributed by atoms with E-state index in [0.717, 1.165) is 16.9 Å². The van der Waals surface area contributed by atoms with Crippen LogP contribution in [-0.4, -0.2) is 18.8 Å². The fraction of sp³-hybridized carbons (Fsp3) is 0.350. The van der Waals surface area contributed by atoms with Crippen LogP contribution in [0.15, 0.2) is 36.4 Å². The molecule has 0 aliphatic carbocycles. The molecule has 0 saturated heterocycles. The Kier molecular flexibility index (Phi) is 5.97. The molecule has 0 unspecified atom stereocenters. The van der Waals surface area contributed by atoms with Crippen molar-refractivity contribution in [1.29, 1.82) is 0 Å². The van der Waals surface area contributed by atoms with Gasteiger partial charge in [0.2, 0.25) is 0 Å². The Morgan fingerprint density at radius 2 is 1.77 bits per heavy atom. The molecule has 3 N–H and O–H groups in total. The molecule has 2 aromatic rings. The van der Waals surface area contributed by atoms with Crippen LogP contribution >= 0.6 is 0 Å². The highest BCUT2D eigenvalue weighted by Crippen LogP contribution is 2.29. The molecule has 0 bridgehead atoms. The van der Waals surface area contributed by atoms with E-state index in [-0.39, 0.29) is 6.54 Å². The van der Waals surface area contributed by atoms with Crippen LogP contribution in [0.3, 0.4) is 0 Å². The number of benzene rings is 2. The Morgan fingerprint density at radius 1 is 1.12 bits per heavy atom. The average molecular weight is 358 g/mol. The number of anilines is 1. The monoisotopic (exact) mass is 358 g/mol. The number of carbonyl (C=O) groups is 1. The summed E-state index contributed by atoms with van der Waals surface area (Å²) >= 11 is 0. The summed E-state index contributed by atoms with van der Waals surface area (Å²) in [7, 11) is 1.62. The molecule has 0 aliphatic rings. The number of ether oxygens (including phenoxy) is 3. The van der Waals surface area contributed by atoms with Gasteiger partial charge in [-0.1, -0.05) is 6.07 Å². The Labute approximate surface area is 154 Å². The van der Waals surface area contributed by atoms with Gasteiger partial charge in [0.1, 0.15) is 22.8 Å². The minimum Gasteiger partial charge on any atom is -0.496 e. The molecule has 0 aliphatic heterocycles. The number of rotatable bonds is 5. The number of hydrogen-bond donors (Lipinski definition) is 2. The number of alkyl carbamates (subject to hydrolysis) is 1. The fourth-order valence-corrected chi connectivity index (χ4v) is 2.28. The number of amides is 1. The quantitative estimate of drug-likeness (QED) is 0.774. The first kappa shape index (κ1) is 19.4. The van der Waals surface area contributed by atoms with Crippen LogP contribution in [0.2, 0.25) is 0 Å². The Morgan fingerprint density at radius 3 is 2.42 bits per heavy atom. The maximum Gasteiger partial charge on any atom is 0.407 e. The van der Waals surface area contributed by atoms with Gasteiger partial charge in [0.25, 0.3) is 0 Å². The van der Waals surface area contributed by atoms with Gasteiger partial charge in [-0.15, -0.1) is 0 Å². The van der Waals surface area contributed by atoms with Crippen LogP contribution in [0.25, 0.3) is 0 Å². The molecule has 0 atom stereocenters. The van der Waals surface area contributed by atoms with Crippen molar-refractivity contribution >= 4 is 11.8 Å². The molecule has 1 amide bonds. The SMILES string of the molecule is COc1cc(Oc2ccc(N)c(CNC(=O)OC(C)(C)C)c2)ccc1C. The van der Waals surface area contributed by atoms with Crippen molar-refractivity contribution in [3.05, 3.63) is 47.5 Å². The van der Waals surface area contributed by atoms with E-state index in [2.05, 4.69) is 5.32 Å². The largest absolute Gasteiger partial charge is 0.496 e. The number of aryl methyl sites for hydroxylation is 1. The summed E-state index contributed by atoms with van der Waals surface area (Å²) in [5.41, 5.74) is 7.78. The summed E-state index contributed by atoms with van der Waals surface area (Å²) in [4.78, 5) is 11.8. The molecule has 0 fully saturated rings. The van der Waals surface area contributed by atoms with E-state index in [9.17, 15) is 4.79 Å². The van der Waals surface area contributed by atoms with E-state index in [1.165, 1.54) is 0 Å². The average Bonchev–Trinajstić information content (AvgIpc) is 2.55.